The molecule has 1 fully saturated rings. The smallest absolute Gasteiger partial charge is 0.291 e. The molecular formula is C24H25FN4O4. The fourth-order valence-corrected chi connectivity index (χ4v) is 4.50. The minimum atomic E-state index is -0.689. The van der Waals surface area contributed by atoms with Crippen LogP contribution in [0.15, 0.2) is 48.5 Å². The average molecular weight is 452 g/mol. The summed E-state index contributed by atoms with van der Waals surface area (Å²) in [4.78, 5) is 28.7. The van der Waals surface area contributed by atoms with E-state index in [-0.39, 0.29) is 11.7 Å². The Labute approximate surface area is 189 Å². The van der Waals surface area contributed by atoms with E-state index in [0.29, 0.717) is 29.9 Å². The zero-order valence-electron chi connectivity index (χ0n) is 17.8. The number of piperidine rings is 1. The zero-order valence-corrected chi connectivity index (χ0v) is 17.8. The van der Waals surface area contributed by atoms with E-state index >= 15 is 0 Å². The van der Waals surface area contributed by atoms with E-state index in [2.05, 4.69) is 9.88 Å². The number of para-hydroxylation sites is 1. The van der Waals surface area contributed by atoms with Gasteiger partial charge in [0, 0.05) is 35.6 Å². The lowest BCUT2D eigenvalue weighted by molar-refractivity contribution is -0.124. The summed E-state index contributed by atoms with van der Waals surface area (Å²) in [5, 5.41) is 18.7. The van der Waals surface area contributed by atoms with Crippen LogP contribution in [-0.4, -0.2) is 45.2 Å². The molecule has 9 heteroatoms. The van der Waals surface area contributed by atoms with Gasteiger partial charge in [0.2, 0.25) is 0 Å². The van der Waals surface area contributed by atoms with Gasteiger partial charge in [0.1, 0.15) is 11.5 Å². The Morgan fingerprint density at radius 1 is 1.18 bits per heavy atom. The third kappa shape index (κ3) is 4.95. The summed E-state index contributed by atoms with van der Waals surface area (Å²) in [6.07, 6.45) is 4.30. The van der Waals surface area contributed by atoms with E-state index in [1.165, 1.54) is 17.6 Å². The second kappa shape index (κ2) is 9.95. The molecule has 1 unspecified atom stereocenters. The van der Waals surface area contributed by atoms with Crippen LogP contribution < -0.4 is 11.0 Å². The Morgan fingerprint density at radius 3 is 2.76 bits per heavy atom. The highest BCUT2D eigenvalue weighted by Crippen LogP contribution is 2.35. The molecule has 1 aliphatic heterocycles. The molecule has 0 spiro atoms. The molecule has 2 heterocycles. The monoisotopic (exact) mass is 452 g/mol. The van der Waals surface area contributed by atoms with Gasteiger partial charge in [-0.25, -0.2) is 15.4 Å². The van der Waals surface area contributed by atoms with Crippen LogP contribution in [0.4, 0.5) is 4.39 Å². The number of likely N-dealkylation sites (tertiary alicyclic amines) is 1. The number of carbonyl (C=O) groups excluding carboxylic acids is 2. The number of nitrogens with one attached hydrogen (secondary N) is 3. The standard InChI is InChI=1S/C24H25FN4O4/c25-19-12-15(8-10-21(30)27-32)7-9-16(19)13-29-11-3-4-17(14-29)22-18-5-1-2-6-20(18)26-23(22)24(31)28-33/h1-2,5-10,12,17,26,32-33H,3-4,11,13-14H2,(H,27,30)(H,28,31). The first-order valence-electron chi connectivity index (χ1n) is 10.7. The lowest BCUT2D eigenvalue weighted by Crippen LogP contribution is -2.35. The van der Waals surface area contributed by atoms with Gasteiger partial charge in [0.05, 0.1) is 0 Å². The molecule has 4 rings (SSSR count). The topological polar surface area (TPSA) is 118 Å². The van der Waals surface area contributed by atoms with Gasteiger partial charge >= 0.3 is 0 Å². The maximum atomic E-state index is 14.7. The van der Waals surface area contributed by atoms with E-state index in [0.717, 1.165) is 41.9 Å². The van der Waals surface area contributed by atoms with Crippen molar-refractivity contribution in [3.8, 4) is 0 Å². The van der Waals surface area contributed by atoms with Gasteiger partial charge < -0.3 is 4.98 Å². The molecule has 2 aromatic carbocycles. The van der Waals surface area contributed by atoms with Gasteiger partial charge in [-0.1, -0.05) is 30.3 Å². The lowest BCUT2D eigenvalue weighted by atomic mass is 9.88. The van der Waals surface area contributed by atoms with Crippen LogP contribution in [-0.2, 0) is 11.3 Å². The van der Waals surface area contributed by atoms with Crippen LogP contribution in [0.1, 0.15) is 45.9 Å². The van der Waals surface area contributed by atoms with E-state index in [1.54, 1.807) is 17.6 Å². The van der Waals surface area contributed by atoms with Crippen molar-refractivity contribution in [1.82, 2.24) is 20.8 Å². The number of aromatic nitrogens is 1. The second-order valence-electron chi connectivity index (χ2n) is 8.13. The molecule has 0 bridgehead atoms. The third-order valence-corrected chi connectivity index (χ3v) is 6.00. The Morgan fingerprint density at radius 2 is 2.00 bits per heavy atom. The molecule has 0 saturated carbocycles. The van der Waals surface area contributed by atoms with Gasteiger partial charge in [0.15, 0.2) is 0 Å². The highest BCUT2D eigenvalue weighted by molar-refractivity contribution is 6.01. The summed E-state index contributed by atoms with van der Waals surface area (Å²) < 4.78 is 14.7. The predicted molar refractivity (Wildman–Crippen MR) is 120 cm³/mol. The Bertz CT molecular complexity index is 1210. The van der Waals surface area contributed by atoms with Crippen molar-refractivity contribution >= 4 is 28.8 Å². The quantitative estimate of drug-likeness (QED) is 0.223. The Balaban J connectivity index is 1.54. The lowest BCUT2D eigenvalue weighted by Gasteiger charge is -2.33. The van der Waals surface area contributed by atoms with Crippen LogP contribution in [0.2, 0.25) is 0 Å². The zero-order chi connectivity index (χ0) is 23.4. The Kier molecular flexibility index (Phi) is 6.83. The number of hydrogen-bond donors (Lipinski definition) is 5. The Hall–Kier alpha value is -3.53. The molecule has 1 atom stereocenters. The number of aromatic amines is 1. The first-order valence-corrected chi connectivity index (χ1v) is 10.7. The number of benzene rings is 2. The van der Waals surface area contributed by atoms with Crippen molar-refractivity contribution in [2.24, 2.45) is 0 Å². The third-order valence-electron chi connectivity index (χ3n) is 6.00. The molecule has 3 aromatic rings. The summed E-state index contributed by atoms with van der Waals surface area (Å²) in [5.41, 5.74) is 6.30. The minimum absolute atomic E-state index is 0.0458. The summed E-state index contributed by atoms with van der Waals surface area (Å²) >= 11 is 0. The summed E-state index contributed by atoms with van der Waals surface area (Å²) in [6, 6.07) is 12.4. The highest BCUT2D eigenvalue weighted by Gasteiger charge is 2.29. The van der Waals surface area contributed by atoms with Crippen LogP contribution >= 0.6 is 0 Å². The molecule has 1 aromatic heterocycles. The van der Waals surface area contributed by atoms with Crippen molar-refractivity contribution in [2.75, 3.05) is 13.1 Å². The molecule has 2 amide bonds. The van der Waals surface area contributed by atoms with Crippen LogP contribution in [0.5, 0.6) is 0 Å². The van der Waals surface area contributed by atoms with Gasteiger partial charge in [0.25, 0.3) is 11.8 Å². The molecule has 1 saturated heterocycles. The van der Waals surface area contributed by atoms with E-state index in [1.807, 2.05) is 24.3 Å². The number of amides is 2. The van der Waals surface area contributed by atoms with E-state index in [4.69, 9.17) is 5.21 Å². The van der Waals surface area contributed by atoms with Gasteiger partial charge in [-0.3, -0.25) is 24.9 Å². The number of carbonyl (C=O) groups is 2. The van der Waals surface area contributed by atoms with Crippen molar-refractivity contribution in [1.29, 1.82) is 0 Å². The van der Waals surface area contributed by atoms with Crippen molar-refractivity contribution in [3.05, 3.63) is 76.7 Å². The highest BCUT2D eigenvalue weighted by atomic mass is 19.1. The van der Waals surface area contributed by atoms with E-state index < -0.39 is 11.8 Å². The molecule has 172 valence electrons. The number of H-pyrrole nitrogens is 1. The van der Waals surface area contributed by atoms with Crippen LogP contribution in [0, 0.1) is 5.82 Å². The molecule has 33 heavy (non-hydrogen) atoms. The summed E-state index contributed by atoms with van der Waals surface area (Å²) in [6.45, 7) is 1.86. The molecule has 8 nitrogen and oxygen atoms in total. The maximum Gasteiger partial charge on any atom is 0.291 e. The number of hydrogen-bond acceptors (Lipinski definition) is 5. The van der Waals surface area contributed by atoms with Crippen molar-refractivity contribution < 1.29 is 24.4 Å². The number of halogens is 1. The first kappa shape index (κ1) is 22.7. The predicted octanol–water partition coefficient (Wildman–Crippen LogP) is 3.32. The van der Waals surface area contributed by atoms with Crippen molar-refractivity contribution in [2.45, 2.75) is 25.3 Å². The molecule has 1 aliphatic rings. The number of rotatable bonds is 6. The maximum absolute atomic E-state index is 14.7. The largest absolute Gasteiger partial charge is 0.350 e. The van der Waals surface area contributed by atoms with Crippen molar-refractivity contribution in [3.63, 3.8) is 0 Å². The fourth-order valence-electron chi connectivity index (χ4n) is 4.50. The number of nitrogens with zero attached hydrogens (tertiary/aromatic N) is 1. The first-order chi connectivity index (χ1) is 16.0. The summed E-state index contributed by atoms with van der Waals surface area (Å²) in [7, 11) is 0. The fraction of sp³-hybridized carbons (Fsp3) is 0.250. The second-order valence-corrected chi connectivity index (χ2v) is 8.13. The molecule has 0 aliphatic carbocycles. The van der Waals surface area contributed by atoms with Crippen LogP contribution in [0.25, 0.3) is 17.0 Å². The number of hydroxylamine groups is 2. The normalized spacial score (nSPS) is 16.9. The average Bonchev–Trinajstić information content (AvgIpc) is 3.23. The van der Waals surface area contributed by atoms with Gasteiger partial charge in [-0.15, -0.1) is 0 Å². The SMILES string of the molecule is O=C(C=Cc1ccc(CN2CCCC(c3c(C(=O)NO)[nH]c4ccccc34)C2)c(F)c1)NO. The summed E-state index contributed by atoms with van der Waals surface area (Å²) in [5.74, 6) is -1.60. The molecule has 0 radical (unpaired) electrons. The van der Waals surface area contributed by atoms with Gasteiger partial charge in [-0.05, 0) is 54.6 Å². The minimum Gasteiger partial charge on any atom is -0.350 e. The van der Waals surface area contributed by atoms with Crippen LogP contribution in [0.3, 0.4) is 0 Å². The number of fused-ring (bicyclic) bond motifs is 1. The molecule has 5 N–H and O–H groups in total. The molecular weight excluding hydrogens is 427 g/mol. The van der Waals surface area contributed by atoms with Gasteiger partial charge in [-0.2, -0.15) is 0 Å². The van der Waals surface area contributed by atoms with E-state index in [9.17, 15) is 19.2 Å².